The summed E-state index contributed by atoms with van der Waals surface area (Å²) in [7, 11) is 0. The first kappa shape index (κ1) is 13.4. The van der Waals surface area contributed by atoms with Crippen molar-refractivity contribution in [3.63, 3.8) is 0 Å². The summed E-state index contributed by atoms with van der Waals surface area (Å²) >= 11 is 0. The van der Waals surface area contributed by atoms with Crippen molar-refractivity contribution in [1.82, 2.24) is 0 Å². The lowest BCUT2D eigenvalue weighted by Gasteiger charge is -2.02. The van der Waals surface area contributed by atoms with Gasteiger partial charge >= 0.3 is 0 Å². The fourth-order valence-corrected chi connectivity index (χ4v) is 1.43. The first-order valence-corrected chi connectivity index (χ1v) is 5.95. The van der Waals surface area contributed by atoms with Crippen LogP contribution in [0, 0.1) is 5.92 Å². The highest BCUT2D eigenvalue weighted by Crippen LogP contribution is 2.08. The van der Waals surface area contributed by atoms with E-state index < -0.39 is 0 Å². The fourth-order valence-electron chi connectivity index (χ4n) is 1.43. The van der Waals surface area contributed by atoms with Crippen LogP contribution in [-0.4, -0.2) is 6.29 Å². The maximum atomic E-state index is 10.5. The Labute approximate surface area is 88.6 Å². The highest BCUT2D eigenvalue weighted by atomic mass is 16.1. The summed E-state index contributed by atoms with van der Waals surface area (Å²) in [4.78, 5) is 10.5. The topological polar surface area (TPSA) is 17.1 Å². The Balaban J connectivity index is 3.29. The third-order valence-electron chi connectivity index (χ3n) is 2.56. The predicted molar refractivity (Wildman–Crippen MR) is 62.4 cm³/mol. The molecule has 0 bridgehead atoms. The van der Waals surface area contributed by atoms with Gasteiger partial charge in [0.25, 0.3) is 0 Å². The van der Waals surface area contributed by atoms with Crippen molar-refractivity contribution in [2.45, 2.75) is 58.8 Å². The molecule has 0 heterocycles. The smallest absolute Gasteiger partial charge is 0.123 e. The number of carbonyl (C=O) groups is 1. The second-order valence-corrected chi connectivity index (χ2v) is 3.85. The van der Waals surface area contributed by atoms with Crippen molar-refractivity contribution in [3.8, 4) is 0 Å². The number of carbonyl (C=O) groups excluding carboxylic acids is 1. The molecule has 14 heavy (non-hydrogen) atoms. The van der Waals surface area contributed by atoms with Crippen LogP contribution in [-0.2, 0) is 4.79 Å². The molecule has 0 aliphatic carbocycles. The van der Waals surface area contributed by atoms with E-state index in [4.69, 9.17) is 0 Å². The minimum atomic E-state index is 0.273. The average Bonchev–Trinajstić information content (AvgIpc) is 2.22. The largest absolute Gasteiger partial charge is 0.303 e. The van der Waals surface area contributed by atoms with Crippen molar-refractivity contribution in [3.05, 3.63) is 12.2 Å². The second-order valence-electron chi connectivity index (χ2n) is 3.85. The van der Waals surface area contributed by atoms with E-state index in [-0.39, 0.29) is 5.92 Å². The molecule has 0 N–H and O–H groups in total. The van der Waals surface area contributed by atoms with E-state index in [9.17, 15) is 4.79 Å². The van der Waals surface area contributed by atoms with Gasteiger partial charge in [-0.25, -0.2) is 0 Å². The number of allylic oxidation sites excluding steroid dienone is 2. The third-order valence-corrected chi connectivity index (χ3v) is 2.56. The Morgan fingerprint density at radius 1 is 1.07 bits per heavy atom. The van der Waals surface area contributed by atoms with Crippen LogP contribution in [0.5, 0.6) is 0 Å². The molecule has 1 heteroatoms. The number of rotatable bonds is 9. The fraction of sp³-hybridized carbons (Fsp3) is 0.769. The van der Waals surface area contributed by atoms with Crippen molar-refractivity contribution >= 4 is 6.29 Å². The molecule has 0 fully saturated rings. The van der Waals surface area contributed by atoms with Gasteiger partial charge in [-0.05, 0) is 32.1 Å². The number of hydrogen-bond donors (Lipinski definition) is 0. The van der Waals surface area contributed by atoms with Crippen LogP contribution in [0.4, 0.5) is 0 Å². The summed E-state index contributed by atoms with van der Waals surface area (Å²) in [5.41, 5.74) is 0. The van der Waals surface area contributed by atoms with Crippen LogP contribution in [0.3, 0.4) is 0 Å². The van der Waals surface area contributed by atoms with Gasteiger partial charge in [-0.1, -0.05) is 38.8 Å². The van der Waals surface area contributed by atoms with Crippen LogP contribution in [0.15, 0.2) is 12.2 Å². The van der Waals surface area contributed by atoms with Crippen LogP contribution in [0.25, 0.3) is 0 Å². The highest BCUT2D eigenvalue weighted by Gasteiger charge is 2.00. The molecule has 0 aromatic rings. The molecule has 0 spiro atoms. The zero-order valence-corrected chi connectivity index (χ0v) is 9.67. The first-order chi connectivity index (χ1) is 6.85. The minimum absolute atomic E-state index is 0.273. The summed E-state index contributed by atoms with van der Waals surface area (Å²) in [5, 5.41) is 0. The summed E-state index contributed by atoms with van der Waals surface area (Å²) in [6, 6.07) is 0. The van der Waals surface area contributed by atoms with E-state index in [1.54, 1.807) is 0 Å². The average molecular weight is 196 g/mol. The summed E-state index contributed by atoms with van der Waals surface area (Å²) in [6.07, 6.45) is 13.7. The summed E-state index contributed by atoms with van der Waals surface area (Å²) in [6.45, 7) is 4.30. The molecule has 1 unspecified atom stereocenters. The molecule has 82 valence electrons. The van der Waals surface area contributed by atoms with Gasteiger partial charge in [0.2, 0.25) is 0 Å². The van der Waals surface area contributed by atoms with Crippen LogP contribution in [0.2, 0.25) is 0 Å². The van der Waals surface area contributed by atoms with Gasteiger partial charge in [-0.3, -0.25) is 0 Å². The summed E-state index contributed by atoms with van der Waals surface area (Å²) in [5.74, 6) is 0.273. The molecular weight excluding hydrogens is 172 g/mol. The quantitative estimate of drug-likeness (QED) is 0.308. The SMILES string of the molecule is CCCCCC=CCCC(C=O)CC. The minimum Gasteiger partial charge on any atom is -0.303 e. The van der Waals surface area contributed by atoms with Crippen molar-refractivity contribution in [1.29, 1.82) is 0 Å². The molecule has 0 radical (unpaired) electrons. The molecule has 0 saturated carbocycles. The van der Waals surface area contributed by atoms with Gasteiger partial charge in [-0.2, -0.15) is 0 Å². The van der Waals surface area contributed by atoms with E-state index in [1.807, 2.05) is 0 Å². The Morgan fingerprint density at radius 2 is 1.79 bits per heavy atom. The molecule has 1 atom stereocenters. The zero-order valence-electron chi connectivity index (χ0n) is 9.67. The monoisotopic (exact) mass is 196 g/mol. The molecule has 0 aliphatic rings. The molecular formula is C13H24O. The first-order valence-electron chi connectivity index (χ1n) is 5.95. The van der Waals surface area contributed by atoms with Gasteiger partial charge in [0, 0.05) is 5.92 Å². The van der Waals surface area contributed by atoms with Crippen molar-refractivity contribution in [2.75, 3.05) is 0 Å². The van der Waals surface area contributed by atoms with E-state index >= 15 is 0 Å². The predicted octanol–water partition coefficient (Wildman–Crippen LogP) is 4.13. The van der Waals surface area contributed by atoms with E-state index in [1.165, 1.54) is 25.7 Å². The van der Waals surface area contributed by atoms with E-state index in [0.29, 0.717) is 0 Å². The number of unbranched alkanes of at least 4 members (excludes halogenated alkanes) is 3. The lowest BCUT2D eigenvalue weighted by Crippen LogP contribution is -1.98. The van der Waals surface area contributed by atoms with Crippen LogP contribution in [0.1, 0.15) is 58.8 Å². The van der Waals surface area contributed by atoms with Gasteiger partial charge in [0.15, 0.2) is 0 Å². The van der Waals surface area contributed by atoms with Crippen molar-refractivity contribution in [2.24, 2.45) is 5.92 Å². The molecule has 1 nitrogen and oxygen atoms in total. The van der Waals surface area contributed by atoms with E-state index in [0.717, 1.165) is 25.5 Å². The van der Waals surface area contributed by atoms with Gasteiger partial charge in [-0.15, -0.1) is 0 Å². The molecule has 0 rings (SSSR count). The zero-order chi connectivity index (χ0) is 10.6. The molecule has 0 aromatic carbocycles. The van der Waals surface area contributed by atoms with Crippen molar-refractivity contribution < 1.29 is 4.79 Å². The molecule has 0 aliphatic heterocycles. The Hall–Kier alpha value is -0.590. The van der Waals surface area contributed by atoms with Crippen LogP contribution < -0.4 is 0 Å². The maximum Gasteiger partial charge on any atom is 0.123 e. The number of aldehydes is 1. The van der Waals surface area contributed by atoms with E-state index in [2.05, 4.69) is 26.0 Å². The standard InChI is InChI=1S/C13H24O/c1-3-5-6-7-8-9-10-11-13(4-2)12-14/h8-9,12-13H,3-7,10-11H2,1-2H3. The van der Waals surface area contributed by atoms with Gasteiger partial charge in [0.1, 0.15) is 6.29 Å². The molecule has 0 aromatic heterocycles. The molecule has 0 amide bonds. The summed E-state index contributed by atoms with van der Waals surface area (Å²) < 4.78 is 0. The normalized spacial score (nSPS) is 13.3. The number of hydrogen-bond acceptors (Lipinski definition) is 1. The Kier molecular flexibility index (Phi) is 10.0. The molecule has 0 saturated heterocycles. The van der Waals surface area contributed by atoms with Gasteiger partial charge < -0.3 is 4.79 Å². The Bertz CT molecular complexity index is 149. The second kappa shape index (κ2) is 10.5. The Morgan fingerprint density at radius 3 is 2.36 bits per heavy atom. The van der Waals surface area contributed by atoms with Crippen LogP contribution >= 0.6 is 0 Å². The lowest BCUT2D eigenvalue weighted by molar-refractivity contribution is -0.111. The third kappa shape index (κ3) is 8.03. The van der Waals surface area contributed by atoms with Gasteiger partial charge in [0.05, 0.1) is 0 Å². The maximum absolute atomic E-state index is 10.5. The lowest BCUT2D eigenvalue weighted by atomic mass is 10.0. The highest BCUT2D eigenvalue weighted by molar-refractivity contribution is 5.53.